The molecular formula is C17H15ClN6O. The average molecular weight is 355 g/mol. The predicted octanol–water partition coefficient (Wildman–Crippen LogP) is 2.63. The monoisotopic (exact) mass is 354 g/mol. The lowest BCUT2D eigenvalue weighted by atomic mass is 10.1. The molecule has 1 aromatic carbocycles. The summed E-state index contributed by atoms with van der Waals surface area (Å²) in [6, 6.07) is 9.18. The third-order valence-electron chi connectivity index (χ3n) is 3.84. The number of hydrogen-bond donors (Lipinski definition) is 1. The van der Waals surface area contributed by atoms with Gasteiger partial charge in [0.1, 0.15) is 11.8 Å². The van der Waals surface area contributed by atoms with Gasteiger partial charge in [0.05, 0.1) is 35.2 Å². The summed E-state index contributed by atoms with van der Waals surface area (Å²) in [5.41, 5.74) is 7.50. The predicted molar refractivity (Wildman–Crippen MR) is 92.8 cm³/mol. The number of carbonyl (C=O) groups is 1. The Kier molecular flexibility index (Phi) is 4.55. The molecule has 0 saturated carbocycles. The third-order valence-corrected chi connectivity index (χ3v) is 4.15. The summed E-state index contributed by atoms with van der Waals surface area (Å²) >= 11 is 6.07. The van der Waals surface area contributed by atoms with E-state index in [1.54, 1.807) is 29.3 Å². The lowest BCUT2D eigenvalue weighted by Crippen LogP contribution is -2.13. The fraction of sp³-hybridized carbons (Fsp3) is 0.176. The fourth-order valence-corrected chi connectivity index (χ4v) is 2.68. The van der Waals surface area contributed by atoms with Crippen molar-refractivity contribution in [2.24, 2.45) is 5.73 Å². The zero-order chi connectivity index (χ0) is 18.0. The molecule has 0 saturated heterocycles. The molecule has 3 rings (SSSR count). The smallest absolute Gasteiger partial charge is 0.268 e. The maximum Gasteiger partial charge on any atom is 0.268 e. The third kappa shape index (κ3) is 3.54. The molecule has 0 aliphatic carbocycles. The van der Waals surface area contributed by atoms with Crippen LogP contribution in [0, 0.1) is 11.3 Å². The molecule has 0 aliphatic heterocycles. The van der Waals surface area contributed by atoms with E-state index in [0.29, 0.717) is 17.1 Å². The summed E-state index contributed by atoms with van der Waals surface area (Å²) in [5.74, 6) is -0.551. The number of nitriles is 1. The quantitative estimate of drug-likeness (QED) is 0.760. The van der Waals surface area contributed by atoms with Gasteiger partial charge in [-0.15, -0.1) is 0 Å². The van der Waals surface area contributed by atoms with Gasteiger partial charge in [0.15, 0.2) is 0 Å². The van der Waals surface area contributed by atoms with E-state index in [4.69, 9.17) is 22.6 Å². The number of primary amides is 1. The molecule has 1 amide bonds. The SMILES string of the molecule is CC(Cn1ccc(-c2ccc(C#N)c(Cl)c2)n1)n1cnc(C(N)=O)c1. The van der Waals surface area contributed by atoms with E-state index < -0.39 is 5.91 Å². The Morgan fingerprint density at radius 3 is 2.88 bits per heavy atom. The van der Waals surface area contributed by atoms with Crippen molar-refractivity contribution in [1.29, 1.82) is 5.26 Å². The van der Waals surface area contributed by atoms with Crippen LogP contribution in [0.1, 0.15) is 29.0 Å². The molecule has 0 aliphatic rings. The second-order valence-corrected chi connectivity index (χ2v) is 6.06. The molecule has 0 spiro atoms. The molecule has 1 atom stereocenters. The molecule has 0 bridgehead atoms. The number of rotatable bonds is 5. The first-order valence-electron chi connectivity index (χ1n) is 7.54. The minimum absolute atomic E-state index is 0.0397. The summed E-state index contributed by atoms with van der Waals surface area (Å²) in [4.78, 5) is 15.1. The van der Waals surface area contributed by atoms with Crippen LogP contribution < -0.4 is 5.73 Å². The zero-order valence-corrected chi connectivity index (χ0v) is 14.2. The molecule has 0 radical (unpaired) electrons. The van der Waals surface area contributed by atoms with Gasteiger partial charge < -0.3 is 10.3 Å². The average Bonchev–Trinajstić information content (AvgIpc) is 3.24. The minimum Gasteiger partial charge on any atom is -0.364 e. The van der Waals surface area contributed by atoms with Crippen molar-refractivity contribution in [3.8, 4) is 17.3 Å². The van der Waals surface area contributed by atoms with E-state index in [-0.39, 0.29) is 11.7 Å². The number of carbonyl (C=O) groups excluding carboxylic acids is 1. The van der Waals surface area contributed by atoms with Gasteiger partial charge in [0, 0.05) is 18.0 Å². The summed E-state index contributed by atoms with van der Waals surface area (Å²) in [5, 5.41) is 13.9. The van der Waals surface area contributed by atoms with Crippen LogP contribution in [0.3, 0.4) is 0 Å². The van der Waals surface area contributed by atoms with Crippen molar-refractivity contribution in [3.05, 3.63) is 59.3 Å². The van der Waals surface area contributed by atoms with E-state index in [9.17, 15) is 4.79 Å². The molecule has 7 nitrogen and oxygen atoms in total. The van der Waals surface area contributed by atoms with Crippen LogP contribution in [0.15, 0.2) is 43.0 Å². The number of imidazole rings is 1. The van der Waals surface area contributed by atoms with Crippen molar-refractivity contribution in [3.63, 3.8) is 0 Å². The molecule has 8 heteroatoms. The highest BCUT2D eigenvalue weighted by atomic mass is 35.5. The highest BCUT2D eigenvalue weighted by molar-refractivity contribution is 6.32. The molecule has 2 N–H and O–H groups in total. The second-order valence-electron chi connectivity index (χ2n) is 5.65. The summed E-state index contributed by atoms with van der Waals surface area (Å²) in [7, 11) is 0. The second kappa shape index (κ2) is 6.79. The Morgan fingerprint density at radius 2 is 2.24 bits per heavy atom. The van der Waals surface area contributed by atoms with Crippen LogP contribution in [0.5, 0.6) is 0 Å². The van der Waals surface area contributed by atoms with Crippen LogP contribution in [0.4, 0.5) is 0 Å². The number of nitrogens with zero attached hydrogens (tertiary/aromatic N) is 5. The highest BCUT2D eigenvalue weighted by Gasteiger charge is 2.12. The highest BCUT2D eigenvalue weighted by Crippen LogP contribution is 2.24. The first-order valence-corrected chi connectivity index (χ1v) is 7.92. The van der Waals surface area contributed by atoms with Crippen molar-refractivity contribution in [2.45, 2.75) is 19.5 Å². The number of nitrogens with two attached hydrogens (primary N) is 1. The Morgan fingerprint density at radius 1 is 1.44 bits per heavy atom. The Bertz CT molecular complexity index is 968. The van der Waals surface area contributed by atoms with E-state index >= 15 is 0 Å². The topological polar surface area (TPSA) is 103 Å². The number of halogens is 1. The van der Waals surface area contributed by atoms with E-state index in [2.05, 4.69) is 10.1 Å². The van der Waals surface area contributed by atoms with E-state index in [1.165, 1.54) is 0 Å². The fourth-order valence-electron chi connectivity index (χ4n) is 2.45. The minimum atomic E-state index is -0.551. The number of amides is 1. The normalized spacial score (nSPS) is 11.9. The number of aromatic nitrogens is 4. The van der Waals surface area contributed by atoms with E-state index in [1.807, 2.05) is 35.9 Å². The lowest BCUT2D eigenvalue weighted by molar-refractivity contribution is 0.0996. The molecule has 3 aromatic rings. The van der Waals surface area contributed by atoms with Gasteiger partial charge in [-0.1, -0.05) is 17.7 Å². The Balaban J connectivity index is 1.76. The van der Waals surface area contributed by atoms with Crippen LogP contribution in [0.2, 0.25) is 5.02 Å². The van der Waals surface area contributed by atoms with Crippen LogP contribution in [0.25, 0.3) is 11.3 Å². The summed E-state index contributed by atoms with van der Waals surface area (Å²) < 4.78 is 3.62. The Hall–Kier alpha value is -3.11. The number of hydrogen-bond acceptors (Lipinski definition) is 4. The summed E-state index contributed by atoms with van der Waals surface area (Å²) in [6.45, 7) is 2.59. The maximum absolute atomic E-state index is 11.1. The van der Waals surface area contributed by atoms with Gasteiger partial charge in [-0.25, -0.2) is 4.98 Å². The molecule has 0 fully saturated rings. The van der Waals surface area contributed by atoms with Gasteiger partial charge in [0.2, 0.25) is 0 Å². The molecule has 2 heterocycles. The van der Waals surface area contributed by atoms with E-state index in [0.717, 1.165) is 11.3 Å². The number of benzene rings is 1. The van der Waals surface area contributed by atoms with Crippen molar-refractivity contribution in [2.75, 3.05) is 0 Å². The first-order chi connectivity index (χ1) is 12.0. The molecular weight excluding hydrogens is 340 g/mol. The maximum atomic E-state index is 11.1. The van der Waals surface area contributed by atoms with Crippen molar-refractivity contribution < 1.29 is 4.79 Å². The first kappa shape index (κ1) is 16.7. The zero-order valence-electron chi connectivity index (χ0n) is 13.4. The van der Waals surface area contributed by atoms with Crippen LogP contribution in [-0.2, 0) is 6.54 Å². The Labute approximate surface area is 149 Å². The van der Waals surface area contributed by atoms with Gasteiger partial charge >= 0.3 is 0 Å². The van der Waals surface area contributed by atoms with Gasteiger partial charge in [-0.3, -0.25) is 9.48 Å². The largest absolute Gasteiger partial charge is 0.364 e. The van der Waals surface area contributed by atoms with Crippen LogP contribution >= 0.6 is 11.6 Å². The van der Waals surface area contributed by atoms with Gasteiger partial charge in [0.25, 0.3) is 5.91 Å². The lowest BCUT2D eigenvalue weighted by Gasteiger charge is -2.12. The molecule has 25 heavy (non-hydrogen) atoms. The van der Waals surface area contributed by atoms with Gasteiger partial charge in [-0.05, 0) is 25.1 Å². The van der Waals surface area contributed by atoms with Crippen molar-refractivity contribution >= 4 is 17.5 Å². The molecule has 126 valence electrons. The molecule has 2 aromatic heterocycles. The molecule has 1 unspecified atom stereocenters. The van der Waals surface area contributed by atoms with Crippen molar-refractivity contribution in [1.82, 2.24) is 19.3 Å². The standard InChI is InChI=1S/C17H15ClN6O/c1-11(23-9-16(17(20)25)21-10-23)8-24-5-4-15(22-24)12-2-3-13(7-19)14(18)6-12/h2-6,9-11H,8H2,1H3,(H2,20,25). The summed E-state index contributed by atoms with van der Waals surface area (Å²) in [6.07, 6.45) is 5.07. The van der Waals surface area contributed by atoms with Gasteiger partial charge in [-0.2, -0.15) is 10.4 Å². The van der Waals surface area contributed by atoms with Crippen LogP contribution in [-0.4, -0.2) is 25.2 Å².